The summed E-state index contributed by atoms with van der Waals surface area (Å²) in [5.74, 6) is 0. The molecule has 0 N–H and O–H groups in total. The Morgan fingerprint density at radius 2 is 1.48 bits per heavy atom. The van der Waals surface area contributed by atoms with E-state index in [1.165, 1.54) is 32.1 Å². The molecule has 0 aromatic heterocycles. The molecule has 4 rings (SSSR count). The molecule has 4 nitrogen and oxygen atoms in total. The van der Waals surface area contributed by atoms with E-state index in [9.17, 15) is 8.42 Å². The Morgan fingerprint density at radius 3 is 2.24 bits per heavy atom. The molecule has 0 atom stereocenters. The first-order valence-corrected chi connectivity index (χ1v) is 10.8. The molecule has 1 saturated heterocycles. The van der Waals surface area contributed by atoms with Crippen LogP contribution in [0.3, 0.4) is 0 Å². The van der Waals surface area contributed by atoms with Crippen LogP contribution < -0.4 is 0 Å². The maximum Gasteiger partial charge on any atom is 0.243 e. The molecule has 0 unspecified atom stereocenters. The van der Waals surface area contributed by atoms with Gasteiger partial charge >= 0.3 is 0 Å². The second-order valence-corrected chi connectivity index (χ2v) is 9.12. The van der Waals surface area contributed by atoms with Crippen molar-refractivity contribution in [1.82, 2.24) is 9.21 Å². The van der Waals surface area contributed by atoms with E-state index in [2.05, 4.69) is 4.90 Å². The molecule has 0 amide bonds. The van der Waals surface area contributed by atoms with Crippen molar-refractivity contribution in [1.29, 1.82) is 0 Å². The first-order valence-electron chi connectivity index (χ1n) is 9.38. The van der Waals surface area contributed by atoms with Gasteiger partial charge in [0.1, 0.15) is 0 Å². The van der Waals surface area contributed by atoms with E-state index >= 15 is 0 Å². The Bertz CT molecular complexity index is 830. The number of piperazine rings is 1. The van der Waals surface area contributed by atoms with Gasteiger partial charge in [0.05, 0.1) is 4.90 Å². The Hall–Kier alpha value is -1.43. The molecule has 134 valence electrons. The van der Waals surface area contributed by atoms with Gasteiger partial charge in [-0.25, -0.2) is 8.42 Å². The Morgan fingerprint density at radius 1 is 0.800 bits per heavy atom. The molecule has 0 bridgehead atoms. The van der Waals surface area contributed by atoms with Gasteiger partial charge < -0.3 is 0 Å². The van der Waals surface area contributed by atoms with Crippen molar-refractivity contribution in [2.75, 3.05) is 26.2 Å². The average molecular weight is 359 g/mol. The van der Waals surface area contributed by atoms with Crippen LogP contribution in [0, 0.1) is 0 Å². The maximum atomic E-state index is 13.2. The van der Waals surface area contributed by atoms with Crippen LogP contribution in [0.15, 0.2) is 47.4 Å². The Balaban J connectivity index is 1.53. The van der Waals surface area contributed by atoms with Gasteiger partial charge in [0, 0.05) is 37.6 Å². The predicted octanol–water partition coefficient (Wildman–Crippen LogP) is 3.48. The molecule has 25 heavy (non-hydrogen) atoms. The van der Waals surface area contributed by atoms with Crippen molar-refractivity contribution < 1.29 is 8.42 Å². The van der Waals surface area contributed by atoms with Crippen molar-refractivity contribution in [2.24, 2.45) is 0 Å². The Kier molecular flexibility index (Phi) is 4.80. The highest BCUT2D eigenvalue weighted by atomic mass is 32.2. The molecule has 1 aliphatic carbocycles. The van der Waals surface area contributed by atoms with E-state index in [1.807, 2.05) is 36.4 Å². The minimum atomic E-state index is -3.44. The van der Waals surface area contributed by atoms with E-state index in [1.54, 1.807) is 10.4 Å². The minimum absolute atomic E-state index is 0.441. The summed E-state index contributed by atoms with van der Waals surface area (Å²) in [7, 11) is -3.44. The van der Waals surface area contributed by atoms with Crippen LogP contribution in [0.1, 0.15) is 32.1 Å². The van der Waals surface area contributed by atoms with Crippen molar-refractivity contribution >= 4 is 20.8 Å². The topological polar surface area (TPSA) is 40.6 Å². The molecule has 1 aliphatic heterocycles. The van der Waals surface area contributed by atoms with Gasteiger partial charge in [-0.05, 0) is 24.3 Å². The fourth-order valence-electron chi connectivity index (χ4n) is 4.31. The van der Waals surface area contributed by atoms with Crippen LogP contribution >= 0.6 is 0 Å². The number of hydrogen-bond donors (Lipinski definition) is 0. The zero-order valence-corrected chi connectivity index (χ0v) is 15.4. The normalized spacial score (nSPS) is 21.6. The fourth-order valence-corrected chi connectivity index (χ4v) is 5.95. The molecular formula is C20H26N2O2S. The lowest BCUT2D eigenvalue weighted by atomic mass is 9.94. The zero-order valence-electron chi connectivity index (χ0n) is 14.6. The molecule has 5 heteroatoms. The molecule has 2 aromatic rings. The molecular weight excluding hydrogens is 332 g/mol. The number of nitrogens with zero attached hydrogens (tertiary/aromatic N) is 2. The third-order valence-electron chi connectivity index (χ3n) is 5.73. The van der Waals surface area contributed by atoms with Gasteiger partial charge in [0.25, 0.3) is 0 Å². The number of hydrogen-bond acceptors (Lipinski definition) is 3. The second kappa shape index (κ2) is 7.06. The summed E-state index contributed by atoms with van der Waals surface area (Å²) in [5, 5.41) is 1.80. The van der Waals surface area contributed by atoms with Crippen molar-refractivity contribution in [3.63, 3.8) is 0 Å². The quantitative estimate of drug-likeness (QED) is 0.843. The van der Waals surface area contributed by atoms with Gasteiger partial charge in [-0.1, -0.05) is 55.7 Å². The smallest absolute Gasteiger partial charge is 0.243 e. The monoisotopic (exact) mass is 358 g/mol. The number of sulfonamides is 1. The standard InChI is InChI=1S/C20H26N2O2S/c23-25(24,20-12-6-8-17-7-4-5-11-19(17)20)22-15-13-21(14-16-22)18-9-2-1-3-10-18/h4-8,11-12,18H,1-3,9-10,13-16H2. The Labute approximate surface area is 150 Å². The zero-order chi connectivity index (χ0) is 17.3. The lowest BCUT2D eigenvalue weighted by Crippen LogP contribution is -2.52. The number of rotatable bonds is 3. The van der Waals surface area contributed by atoms with Gasteiger partial charge in [-0.3, -0.25) is 4.90 Å². The summed E-state index contributed by atoms with van der Waals surface area (Å²) in [4.78, 5) is 2.95. The van der Waals surface area contributed by atoms with Gasteiger partial charge in [-0.15, -0.1) is 0 Å². The molecule has 1 heterocycles. The van der Waals surface area contributed by atoms with E-state index in [0.29, 0.717) is 24.0 Å². The SMILES string of the molecule is O=S(=O)(c1cccc2ccccc12)N1CCN(C2CCCCC2)CC1. The lowest BCUT2D eigenvalue weighted by molar-refractivity contribution is 0.111. The summed E-state index contributed by atoms with van der Waals surface area (Å²) in [6.45, 7) is 2.91. The summed E-state index contributed by atoms with van der Waals surface area (Å²) < 4.78 is 28.1. The molecule has 2 fully saturated rings. The van der Waals surface area contributed by atoms with Crippen LogP contribution in [0.25, 0.3) is 10.8 Å². The van der Waals surface area contributed by atoms with Crippen LogP contribution in [-0.2, 0) is 10.0 Å². The summed E-state index contributed by atoms with van der Waals surface area (Å²) in [6, 6.07) is 13.9. The third-order valence-corrected chi connectivity index (χ3v) is 7.69. The van der Waals surface area contributed by atoms with Crippen LogP contribution in [0.4, 0.5) is 0 Å². The van der Waals surface area contributed by atoms with Crippen molar-refractivity contribution in [3.05, 3.63) is 42.5 Å². The van der Waals surface area contributed by atoms with Crippen LogP contribution in [-0.4, -0.2) is 49.8 Å². The molecule has 2 aliphatic rings. The number of fused-ring (bicyclic) bond motifs is 1. The minimum Gasteiger partial charge on any atom is -0.298 e. The predicted molar refractivity (Wildman–Crippen MR) is 101 cm³/mol. The van der Waals surface area contributed by atoms with E-state index in [-0.39, 0.29) is 0 Å². The largest absolute Gasteiger partial charge is 0.298 e. The maximum absolute atomic E-state index is 13.2. The van der Waals surface area contributed by atoms with E-state index in [0.717, 1.165) is 23.9 Å². The van der Waals surface area contributed by atoms with Gasteiger partial charge in [0.2, 0.25) is 10.0 Å². The first-order chi connectivity index (χ1) is 12.2. The summed E-state index contributed by atoms with van der Waals surface area (Å²) in [5.41, 5.74) is 0. The highest BCUT2D eigenvalue weighted by molar-refractivity contribution is 7.89. The third kappa shape index (κ3) is 3.33. The van der Waals surface area contributed by atoms with Crippen LogP contribution in [0.2, 0.25) is 0 Å². The molecule has 1 saturated carbocycles. The molecule has 2 aromatic carbocycles. The summed E-state index contributed by atoms with van der Waals surface area (Å²) >= 11 is 0. The summed E-state index contributed by atoms with van der Waals surface area (Å²) in [6.07, 6.45) is 6.54. The van der Waals surface area contributed by atoms with E-state index in [4.69, 9.17) is 0 Å². The van der Waals surface area contributed by atoms with Gasteiger partial charge in [0.15, 0.2) is 0 Å². The second-order valence-electron chi connectivity index (χ2n) is 7.21. The average Bonchev–Trinajstić information content (AvgIpc) is 2.68. The highest BCUT2D eigenvalue weighted by Crippen LogP contribution is 2.28. The first kappa shape index (κ1) is 17.0. The van der Waals surface area contributed by atoms with Crippen molar-refractivity contribution in [3.8, 4) is 0 Å². The van der Waals surface area contributed by atoms with Gasteiger partial charge in [-0.2, -0.15) is 4.31 Å². The lowest BCUT2D eigenvalue weighted by Gasteiger charge is -2.40. The fraction of sp³-hybridized carbons (Fsp3) is 0.500. The molecule has 0 spiro atoms. The molecule has 0 radical (unpaired) electrons. The van der Waals surface area contributed by atoms with E-state index < -0.39 is 10.0 Å². The van der Waals surface area contributed by atoms with Crippen molar-refractivity contribution in [2.45, 2.75) is 43.0 Å². The number of benzene rings is 2. The van der Waals surface area contributed by atoms with Crippen LogP contribution in [0.5, 0.6) is 0 Å². The highest BCUT2D eigenvalue weighted by Gasteiger charge is 2.32.